The van der Waals surface area contributed by atoms with E-state index in [2.05, 4.69) is 62.6 Å². The second-order valence-corrected chi connectivity index (χ2v) is 6.55. The highest BCUT2D eigenvalue weighted by atomic mass is 16.2. The van der Waals surface area contributed by atoms with Crippen molar-refractivity contribution in [3.63, 3.8) is 0 Å². The summed E-state index contributed by atoms with van der Waals surface area (Å²) < 4.78 is 2.24. The van der Waals surface area contributed by atoms with Gasteiger partial charge in [-0.15, -0.1) is 0 Å². The number of hydrogen-bond acceptors (Lipinski definition) is 3. The van der Waals surface area contributed by atoms with E-state index < -0.39 is 0 Å². The van der Waals surface area contributed by atoms with E-state index in [-0.39, 0.29) is 6.03 Å². The first-order valence-corrected chi connectivity index (χ1v) is 8.60. The lowest BCUT2D eigenvalue weighted by atomic mass is 10.2. The molecule has 3 N–H and O–H groups in total. The molecule has 0 saturated carbocycles. The molecule has 2 heterocycles. The molecule has 0 radical (unpaired) electrons. The number of carbonyl (C=O) groups excluding carboxylic acids is 1. The topological polar surface area (TPSA) is 87.6 Å². The van der Waals surface area contributed by atoms with Gasteiger partial charge in [0, 0.05) is 42.3 Å². The molecule has 3 aromatic rings. The highest BCUT2D eigenvalue weighted by Crippen LogP contribution is 2.21. The zero-order valence-corrected chi connectivity index (χ0v) is 14.6. The van der Waals surface area contributed by atoms with Crippen LogP contribution in [0.25, 0.3) is 10.9 Å². The van der Waals surface area contributed by atoms with E-state index >= 15 is 0 Å². The largest absolute Gasteiger partial charge is 0.347 e. The Bertz CT molecular complexity index is 821. The van der Waals surface area contributed by atoms with Crippen LogP contribution in [0.5, 0.6) is 0 Å². The van der Waals surface area contributed by atoms with Crippen LogP contribution in [0.4, 0.5) is 10.5 Å². The molecule has 132 valence electrons. The first-order chi connectivity index (χ1) is 12.1. The molecule has 0 spiro atoms. The summed E-state index contributed by atoms with van der Waals surface area (Å²) in [5, 5.41) is 13.5. The minimum absolute atomic E-state index is 0.196. The monoisotopic (exact) mass is 340 g/mol. The van der Waals surface area contributed by atoms with E-state index in [9.17, 15) is 4.79 Å². The molecule has 0 aliphatic carbocycles. The van der Waals surface area contributed by atoms with Gasteiger partial charge in [0.25, 0.3) is 0 Å². The van der Waals surface area contributed by atoms with Crippen molar-refractivity contribution >= 4 is 22.6 Å². The number of carbonyl (C=O) groups is 1. The molecular weight excluding hydrogens is 316 g/mol. The molecule has 0 saturated heterocycles. The average molecular weight is 340 g/mol. The number of anilines is 1. The number of nitrogens with one attached hydrogen (secondary N) is 3. The number of amides is 2. The molecule has 7 nitrogen and oxygen atoms in total. The number of aryl methyl sites for hydroxylation is 1. The molecule has 0 unspecified atom stereocenters. The van der Waals surface area contributed by atoms with Crippen molar-refractivity contribution in [3.05, 3.63) is 42.6 Å². The van der Waals surface area contributed by atoms with Crippen molar-refractivity contribution in [2.75, 3.05) is 11.9 Å². The van der Waals surface area contributed by atoms with Crippen molar-refractivity contribution in [2.24, 2.45) is 5.92 Å². The number of rotatable bonds is 7. The summed E-state index contributed by atoms with van der Waals surface area (Å²) in [5.74, 6) is 1.43. The maximum Gasteiger partial charge on any atom is 0.319 e. The van der Waals surface area contributed by atoms with Crippen LogP contribution in [0.2, 0.25) is 0 Å². The van der Waals surface area contributed by atoms with Crippen molar-refractivity contribution < 1.29 is 4.79 Å². The standard InChI is InChI=1S/C18H24N6O/c1-13(2)11-24-9-7-14-10-15(5-6-16(14)24)22-18(25)19-8-3-4-17-20-12-21-23-17/h5-7,9-10,12-13H,3-4,8,11H2,1-2H3,(H2,19,22,25)(H,20,21,23). The Kier molecular flexibility index (Phi) is 5.33. The number of nitrogens with zero attached hydrogens (tertiary/aromatic N) is 3. The number of aromatic nitrogens is 4. The van der Waals surface area contributed by atoms with Crippen LogP contribution in [-0.2, 0) is 13.0 Å². The Morgan fingerprint density at radius 1 is 1.32 bits per heavy atom. The van der Waals surface area contributed by atoms with Crippen molar-refractivity contribution in [1.29, 1.82) is 0 Å². The molecule has 7 heteroatoms. The zero-order chi connectivity index (χ0) is 17.6. The number of aromatic amines is 1. The second kappa shape index (κ2) is 7.83. The summed E-state index contributed by atoms with van der Waals surface area (Å²) in [6.45, 7) is 5.98. The third kappa shape index (κ3) is 4.59. The molecule has 2 aromatic heterocycles. The lowest BCUT2D eigenvalue weighted by molar-refractivity contribution is 0.252. The third-order valence-corrected chi connectivity index (χ3v) is 3.93. The van der Waals surface area contributed by atoms with E-state index in [1.54, 1.807) is 0 Å². The van der Waals surface area contributed by atoms with E-state index in [0.29, 0.717) is 12.5 Å². The van der Waals surface area contributed by atoms with Gasteiger partial charge in [0.1, 0.15) is 12.2 Å². The molecule has 2 amide bonds. The molecule has 0 bridgehead atoms. The van der Waals surface area contributed by atoms with Crippen LogP contribution in [0.15, 0.2) is 36.8 Å². The van der Waals surface area contributed by atoms with Crippen LogP contribution >= 0.6 is 0 Å². The Morgan fingerprint density at radius 2 is 2.20 bits per heavy atom. The minimum atomic E-state index is -0.196. The van der Waals surface area contributed by atoms with Gasteiger partial charge in [0.05, 0.1) is 0 Å². The Balaban J connectivity index is 1.50. The van der Waals surface area contributed by atoms with Crippen LogP contribution in [0.3, 0.4) is 0 Å². The highest BCUT2D eigenvalue weighted by molar-refractivity contribution is 5.92. The van der Waals surface area contributed by atoms with E-state index in [1.165, 1.54) is 11.8 Å². The smallest absolute Gasteiger partial charge is 0.319 e. The number of hydrogen-bond donors (Lipinski definition) is 3. The van der Waals surface area contributed by atoms with Gasteiger partial charge < -0.3 is 15.2 Å². The Labute approximate surface area is 146 Å². The van der Waals surface area contributed by atoms with E-state index in [1.807, 2.05) is 12.1 Å². The van der Waals surface area contributed by atoms with E-state index in [0.717, 1.165) is 36.3 Å². The van der Waals surface area contributed by atoms with Crippen LogP contribution in [0.1, 0.15) is 26.1 Å². The van der Waals surface area contributed by atoms with Gasteiger partial charge >= 0.3 is 6.03 Å². The first-order valence-electron chi connectivity index (χ1n) is 8.60. The molecule has 0 aliphatic heterocycles. The Hall–Kier alpha value is -2.83. The summed E-state index contributed by atoms with van der Waals surface area (Å²) in [5.41, 5.74) is 1.98. The first kappa shape index (κ1) is 17.0. The quantitative estimate of drug-likeness (QED) is 0.577. The maximum absolute atomic E-state index is 12.0. The normalized spacial score (nSPS) is 11.2. The fourth-order valence-electron chi connectivity index (χ4n) is 2.81. The number of urea groups is 1. The summed E-state index contributed by atoms with van der Waals surface area (Å²) in [6.07, 6.45) is 5.15. The summed E-state index contributed by atoms with van der Waals surface area (Å²) in [4.78, 5) is 16.0. The minimum Gasteiger partial charge on any atom is -0.347 e. The number of fused-ring (bicyclic) bond motifs is 1. The summed E-state index contributed by atoms with van der Waals surface area (Å²) in [6, 6.07) is 7.88. The average Bonchev–Trinajstić information content (AvgIpc) is 3.21. The summed E-state index contributed by atoms with van der Waals surface area (Å²) in [7, 11) is 0. The molecule has 25 heavy (non-hydrogen) atoms. The van der Waals surface area contributed by atoms with Gasteiger partial charge in [-0.1, -0.05) is 13.8 Å². The molecule has 0 aliphatic rings. The van der Waals surface area contributed by atoms with Gasteiger partial charge in [0.2, 0.25) is 0 Å². The Morgan fingerprint density at radius 3 is 2.96 bits per heavy atom. The zero-order valence-electron chi connectivity index (χ0n) is 14.6. The van der Waals surface area contributed by atoms with Gasteiger partial charge in [-0.25, -0.2) is 9.78 Å². The predicted octanol–water partition coefficient (Wildman–Crippen LogP) is 3.17. The van der Waals surface area contributed by atoms with E-state index in [4.69, 9.17) is 0 Å². The molecule has 1 aromatic carbocycles. The molecular formula is C18H24N6O. The van der Waals surface area contributed by atoms with Crippen LogP contribution in [0, 0.1) is 5.92 Å². The lowest BCUT2D eigenvalue weighted by Crippen LogP contribution is -2.29. The van der Waals surface area contributed by atoms with Crippen LogP contribution in [-0.4, -0.2) is 32.3 Å². The number of benzene rings is 1. The van der Waals surface area contributed by atoms with Crippen molar-refractivity contribution in [1.82, 2.24) is 25.1 Å². The van der Waals surface area contributed by atoms with Gasteiger partial charge in [0.15, 0.2) is 0 Å². The molecule has 0 atom stereocenters. The van der Waals surface area contributed by atoms with Crippen LogP contribution < -0.4 is 10.6 Å². The van der Waals surface area contributed by atoms with Gasteiger partial charge in [-0.05, 0) is 36.6 Å². The van der Waals surface area contributed by atoms with Crippen molar-refractivity contribution in [2.45, 2.75) is 33.2 Å². The maximum atomic E-state index is 12.0. The summed E-state index contributed by atoms with van der Waals surface area (Å²) >= 11 is 0. The lowest BCUT2D eigenvalue weighted by Gasteiger charge is -2.10. The second-order valence-electron chi connectivity index (χ2n) is 6.55. The SMILES string of the molecule is CC(C)Cn1ccc2cc(NC(=O)NCCCc3ncn[nH]3)ccc21. The number of H-pyrrole nitrogens is 1. The highest BCUT2D eigenvalue weighted by Gasteiger charge is 2.06. The third-order valence-electron chi connectivity index (χ3n) is 3.93. The van der Waals surface area contributed by atoms with Gasteiger partial charge in [-0.2, -0.15) is 5.10 Å². The fraction of sp³-hybridized carbons (Fsp3) is 0.389. The van der Waals surface area contributed by atoms with Crippen molar-refractivity contribution in [3.8, 4) is 0 Å². The van der Waals surface area contributed by atoms with Gasteiger partial charge in [-0.3, -0.25) is 5.10 Å². The molecule has 3 rings (SSSR count). The predicted molar refractivity (Wildman–Crippen MR) is 98.5 cm³/mol. The fourth-order valence-corrected chi connectivity index (χ4v) is 2.81. The molecule has 0 fully saturated rings.